The number of aryl methyl sites for hydroxylation is 1. The standard InChI is InChI=1S/C20H20N4O3S2/c1-13-22-18(12-28-13)14-3-2-4-16(9-14)23-20(25)11-24-8-7-15-10-17(29(21,26)27)5-6-19(15)24/h2-6,9-10,12H,7-8,11H2,1H3,(H,23,25)(H2,21,26,27). The van der Waals surface area contributed by atoms with Gasteiger partial charge >= 0.3 is 0 Å². The van der Waals surface area contributed by atoms with E-state index in [1.807, 2.05) is 41.5 Å². The summed E-state index contributed by atoms with van der Waals surface area (Å²) in [5.74, 6) is -0.139. The van der Waals surface area contributed by atoms with Gasteiger partial charge in [-0.25, -0.2) is 18.5 Å². The summed E-state index contributed by atoms with van der Waals surface area (Å²) < 4.78 is 23.0. The molecule has 0 spiro atoms. The average Bonchev–Trinajstić information content (AvgIpc) is 3.27. The van der Waals surface area contributed by atoms with Crippen molar-refractivity contribution in [2.24, 2.45) is 5.14 Å². The number of nitrogens with two attached hydrogens (primary N) is 1. The Morgan fingerprint density at radius 1 is 1.28 bits per heavy atom. The first-order chi connectivity index (χ1) is 13.8. The predicted molar refractivity (Wildman–Crippen MR) is 115 cm³/mol. The van der Waals surface area contributed by atoms with E-state index in [0.29, 0.717) is 18.7 Å². The van der Waals surface area contributed by atoms with Crippen molar-refractivity contribution in [1.82, 2.24) is 4.98 Å². The van der Waals surface area contributed by atoms with Crippen LogP contribution in [-0.2, 0) is 21.2 Å². The van der Waals surface area contributed by atoms with Crippen molar-refractivity contribution in [2.45, 2.75) is 18.2 Å². The summed E-state index contributed by atoms with van der Waals surface area (Å²) in [6.07, 6.45) is 0.671. The number of aromatic nitrogens is 1. The summed E-state index contributed by atoms with van der Waals surface area (Å²) in [6, 6.07) is 12.4. The second-order valence-corrected chi connectivity index (χ2v) is 9.51. The minimum absolute atomic E-state index is 0.0941. The lowest BCUT2D eigenvalue weighted by Crippen LogP contribution is -2.31. The number of hydrogen-bond acceptors (Lipinski definition) is 6. The van der Waals surface area contributed by atoms with Gasteiger partial charge in [0, 0.05) is 28.9 Å². The smallest absolute Gasteiger partial charge is 0.243 e. The second kappa shape index (κ2) is 7.58. The Morgan fingerprint density at radius 2 is 2.10 bits per heavy atom. The molecule has 4 rings (SSSR count). The number of amides is 1. The molecule has 0 bridgehead atoms. The Balaban J connectivity index is 1.45. The fourth-order valence-corrected chi connectivity index (χ4v) is 4.60. The first kappa shape index (κ1) is 19.6. The molecule has 0 fully saturated rings. The zero-order chi connectivity index (χ0) is 20.6. The van der Waals surface area contributed by atoms with Crippen LogP contribution in [0.5, 0.6) is 0 Å². The number of hydrogen-bond donors (Lipinski definition) is 2. The molecule has 2 heterocycles. The monoisotopic (exact) mass is 428 g/mol. The molecule has 0 unspecified atom stereocenters. The summed E-state index contributed by atoms with van der Waals surface area (Å²) in [5, 5.41) is 11.1. The number of rotatable bonds is 5. The fourth-order valence-electron chi connectivity index (χ4n) is 3.41. The molecule has 3 N–H and O–H groups in total. The lowest BCUT2D eigenvalue weighted by molar-refractivity contribution is -0.115. The molecule has 150 valence electrons. The van der Waals surface area contributed by atoms with Gasteiger partial charge in [-0.3, -0.25) is 4.79 Å². The summed E-state index contributed by atoms with van der Waals surface area (Å²) >= 11 is 1.59. The highest BCUT2D eigenvalue weighted by atomic mass is 32.2. The number of fused-ring (bicyclic) bond motifs is 1. The highest BCUT2D eigenvalue weighted by Gasteiger charge is 2.23. The molecule has 1 amide bonds. The van der Waals surface area contributed by atoms with Gasteiger partial charge in [-0.15, -0.1) is 11.3 Å². The largest absolute Gasteiger partial charge is 0.362 e. The highest BCUT2D eigenvalue weighted by Crippen LogP contribution is 2.30. The van der Waals surface area contributed by atoms with Crippen LogP contribution in [0.4, 0.5) is 11.4 Å². The molecule has 0 atom stereocenters. The first-order valence-corrected chi connectivity index (χ1v) is 11.5. The Labute approximate surface area is 173 Å². The number of primary sulfonamides is 1. The number of anilines is 2. The lowest BCUT2D eigenvalue weighted by atomic mass is 10.1. The maximum Gasteiger partial charge on any atom is 0.243 e. The van der Waals surface area contributed by atoms with Crippen LogP contribution in [-0.4, -0.2) is 32.4 Å². The zero-order valence-electron chi connectivity index (χ0n) is 15.8. The van der Waals surface area contributed by atoms with Gasteiger partial charge < -0.3 is 10.2 Å². The molecule has 1 aliphatic heterocycles. The molecule has 7 nitrogen and oxygen atoms in total. The number of carbonyl (C=O) groups excluding carboxylic acids is 1. The molecule has 0 saturated carbocycles. The van der Waals surface area contributed by atoms with E-state index in [-0.39, 0.29) is 17.3 Å². The van der Waals surface area contributed by atoms with Gasteiger partial charge in [0.25, 0.3) is 0 Å². The van der Waals surface area contributed by atoms with Gasteiger partial charge in [0.2, 0.25) is 15.9 Å². The van der Waals surface area contributed by atoms with Crippen LogP contribution < -0.4 is 15.4 Å². The average molecular weight is 429 g/mol. The van der Waals surface area contributed by atoms with E-state index in [9.17, 15) is 13.2 Å². The van der Waals surface area contributed by atoms with Gasteiger partial charge in [0.15, 0.2) is 0 Å². The summed E-state index contributed by atoms with van der Waals surface area (Å²) in [4.78, 5) is 19.1. The predicted octanol–water partition coefficient (Wildman–Crippen LogP) is 2.77. The van der Waals surface area contributed by atoms with Gasteiger partial charge in [0.05, 0.1) is 22.1 Å². The van der Waals surface area contributed by atoms with Crippen molar-refractivity contribution in [3.63, 3.8) is 0 Å². The number of carbonyl (C=O) groups is 1. The van der Waals surface area contributed by atoms with Crippen LogP contribution >= 0.6 is 11.3 Å². The van der Waals surface area contributed by atoms with Crippen molar-refractivity contribution in [3.05, 3.63) is 58.4 Å². The van der Waals surface area contributed by atoms with Crippen LogP contribution in [0.1, 0.15) is 10.6 Å². The number of sulfonamides is 1. The molecule has 0 saturated heterocycles. The van der Waals surface area contributed by atoms with E-state index in [1.165, 1.54) is 6.07 Å². The van der Waals surface area contributed by atoms with Gasteiger partial charge in [-0.1, -0.05) is 12.1 Å². The Bertz CT molecular complexity index is 1190. The normalized spacial score (nSPS) is 13.4. The number of thiazole rings is 1. The maximum absolute atomic E-state index is 12.6. The summed E-state index contributed by atoms with van der Waals surface area (Å²) in [5.41, 5.74) is 4.29. The van der Waals surface area contributed by atoms with Crippen molar-refractivity contribution < 1.29 is 13.2 Å². The summed E-state index contributed by atoms with van der Waals surface area (Å²) in [6.45, 7) is 2.79. The van der Waals surface area contributed by atoms with E-state index < -0.39 is 10.0 Å². The Hall–Kier alpha value is -2.75. The maximum atomic E-state index is 12.6. The van der Waals surface area contributed by atoms with Gasteiger partial charge in [-0.05, 0) is 49.2 Å². The van der Waals surface area contributed by atoms with Crippen molar-refractivity contribution in [1.29, 1.82) is 0 Å². The number of nitrogens with one attached hydrogen (secondary N) is 1. The molecule has 0 radical (unpaired) electrons. The van der Waals surface area contributed by atoms with Gasteiger partial charge in [0.1, 0.15) is 0 Å². The summed E-state index contributed by atoms with van der Waals surface area (Å²) in [7, 11) is -3.73. The highest BCUT2D eigenvalue weighted by molar-refractivity contribution is 7.89. The fraction of sp³-hybridized carbons (Fsp3) is 0.200. The third kappa shape index (κ3) is 4.31. The molecular weight excluding hydrogens is 408 g/mol. The van der Waals surface area contributed by atoms with E-state index >= 15 is 0 Å². The SMILES string of the molecule is Cc1nc(-c2cccc(NC(=O)CN3CCc4cc(S(N)(=O)=O)ccc43)c2)cs1. The van der Waals surface area contributed by atoms with Crippen LogP contribution in [0.15, 0.2) is 52.7 Å². The van der Waals surface area contributed by atoms with Crippen LogP contribution in [0.2, 0.25) is 0 Å². The molecule has 3 aromatic rings. The van der Waals surface area contributed by atoms with Crippen molar-refractivity contribution in [3.8, 4) is 11.3 Å². The number of nitrogens with zero attached hydrogens (tertiary/aromatic N) is 2. The first-order valence-electron chi connectivity index (χ1n) is 9.03. The minimum atomic E-state index is -3.73. The Kier molecular flexibility index (Phi) is 5.12. The Morgan fingerprint density at radius 3 is 2.83 bits per heavy atom. The molecule has 0 aliphatic carbocycles. The second-order valence-electron chi connectivity index (χ2n) is 6.89. The topological polar surface area (TPSA) is 105 Å². The zero-order valence-corrected chi connectivity index (χ0v) is 17.4. The quantitative estimate of drug-likeness (QED) is 0.650. The van der Waals surface area contributed by atoms with E-state index in [4.69, 9.17) is 5.14 Å². The van der Waals surface area contributed by atoms with Crippen molar-refractivity contribution in [2.75, 3.05) is 23.3 Å². The third-order valence-corrected chi connectivity index (χ3v) is 6.45. The number of benzene rings is 2. The molecular formula is C20H20N4O3S2. The van der Waals surface area contributed by atoms with E-state index in [2.05, 4.69) is 10.3 Å². The van der Waals surface area contributed by atoms with Crippen molar-refractivity contribution >= 4 is 38.6 Å². The van der Waals surface area contributed by atoms with Crippen LogP contribution in [0, 0.1) is 6.92 Å². The lowest BCUT2D eigenvalue weighted by Gasteiger charge is -2.19. The van der Waals surface area contributed by atoms with Crippen LogP contribution in [0.3, 0.4) is 0 Å². The minimum Gasteiger partial charge on any atom is -0.362 e. The molecule has 29 heavy (non-hydrogen) atoms. The molecule has 2 aromatic carbocycles. The molecule has 1 aromatic heterocycles. The third-order valence-electron chi connectivity index (χ3n) is 4.77. The molecule has 1 aliphatic rings. The van der Waals surface area contributed by atoms with E-state index in [1.54, 1.807) is 23.5 Å². The van der Waals surface area contributed by atoms with Crippen LogP contribution in [0.25, 0.3) is 11.3 Å². The van der Waals surface area contributed by atoms with E-state index in [0.717, 1.165) is 27.5 Å². The molecule has 9 heteroatoms. The van der Waals surface area contributed by atoms with Gasteiger partial charge in [-0.2, -0.15) is 0 Å².